The van der Waals surface area contributed by atoms with E-state index in [9.17, 15) is 4.79 Å². The highest BCUT2D eigenvalue weighted by molar-refractivity contribution is 5.83. The number of amides is 1. The van der Waals surface area contributed by atoms with Crippen molar-refractivity contribution in [3.05, 3.63) is 35.4 Å². The van der Waals surface area contributed by atoms with E-state index in [2.05, 4.69) is 5.32 Å². The lowest BCUT2D eigenvalue weighted by atomic mass is 9.85. The van der Waals surface area contributed by atoms with Gasteiger partial charge in [0.2, 0.25) is 5.91 Å². The molecule has 3 nitrogen and oxygen atoms in total. The minimum atomic E-state index is -0.543. The molecule has 3 N–H and O–H groups in total. The number of carbonyl (C=O) groups excluding carboxylic acids is 1. The first-order valence-electron chi connectivity index (χ1n) is 8.27. The monoisotopic (exact) mass is 286 g/mol. The Bertz CT molecular complexity index is 490. The zero-order valence-electron chi connectivity index (χ0n) is 12.8. The van der Waals surface area contributed by atoms with Crippen LogP contribution in [0.5, 0.6) is 0 Å². The van der Waals surface area contributed by atoms with Crippen molar-refractivity contribution in [2.75, 3.05) is 0 Å². The van der Waals surface area contributed by atoms with Crippen LogP contribution in [0.1, 0.15) is 55.7 Å². The molecule has 1 aromatic rings. The summed E-state index contributed by atoms with van der Waals surface area (Å²) in [5.74, 6) is 1.52. The fourth-order valence-electron chi connectivity index (χ4n) is 3.66. The van der Waals surface area contributed by atoms with Crippen LogP contribution >= 0.6 is 0 Å². The summed E-state index contributed by atoms with van der Waals surface area (Å²) in [6.45, 7) is 2.04. The molecule has 1 amide bonds. The number of hydrogen-bond acceptors (Lipinski definition) is 2. The van der Waals surface area contributed by atoms with Crippen molar-refractivity contribution in [1.29, 1.82) is 0 Å². The highest BCUT2D eigenvalue weighted by Crippen LogP contribution is 2.44. The van der Waals surface area contributed by atoms with Gasteiger partial charge in [0, 0.05) is 6.04 Å². The predicted octanol–water partition coefficient (Wildman–Crippen LogP) is 3.08. The van der Waals surface area contributed by atoms with Gasteiger partial charge in [-0.15, -0.1) is 0 Å². The lowest BCUT2D eigenvalue weighted by Crippen LogP contribution is -2.36. The summed E-state index contributed by atoms with van der Waals surface area (Å²) in [7, 11) is 0. The standard InChI is InChI=1S/C18H26N2O/c1-12-7-9-14(10-8-12)17(19)18(21)20-16-11-15(16)13-5-3-2-4-6-13/h7-10,13,15-17H,2-6,11,19H2,1H3,(H,20,21). The summed E-state index contributed by atoms with van der Waals surface area (Å²) < 4.78 is 0. The molecule has 2 aliphatic carbocycles. The average Bonchev–Trinajstić information content (AvgIpc) is 3.27. The van der Waals surface area contributed by atoms with Crippen molar-refractivity contribution < 1.29 is 4.79 Å². The van der Waals surface area contributed by atoms with Crippen LogP contribution in [0.25, 0.3) is 0 Å². The molecular weight excluding hydrogens is 260 g/mol. The van der Waals surface area contributed by atoms with E-state index in [1.54, 1.807) is 0 Å². The number of nitrogens with two attached hydrogens (primary N) is 1. The van der Waals surface area contributed by atoms with Crippen LogP contribution in [0.4, 0.5) is 0 Å². The third-order valence-electron chi connectivity index (χ3n) is 5.14. The molecule has 3 heteroatoms. The SMILES string of the molecule is Cc1ccc(C(N)C(=O)NC2CC2C2CCCCC2)cc1. The quantitative estimate of drug-likeness (QED) is 0.893. The van der Waals surface area contributed by atoms with E-state index >= 15 is 0 Å². The van der Waals surface area contributed by atoms with Crippen LogP contribution < -0.4 is 11.1 Å². The van der Waals surface area contributed by atoms with E-state index in [0.29, 0.717) is 12.0 Å². The molecular formula is C18H26N2O. The summed E-state index contributed by atoms with van der Waals surface area (Å²) in [5.41, 5.74) is 8.16. The molecule has 3 rings (SSSR count). The van der Waals surface area contributed by atoms with Gasteiger partial charge in [0.25, 0.3) is 0 Å². The maximum absolute atomic E-state index is 12.3. The predicted molar refractivity (Wildman–Crippen MR) is 84.7 cm³/mol. The van der Waals surface area contributed by atoms with Gasteiger partial charge in [-0.1, -0.05) is 61.9 Å². The van der Waals surface area contributed by atoms with Crippen molar-refractivity contribution in [3.63, 3.8) is 0 Å². The van der Waals surface area contributed by atoms with Crippen molar-refractivity contribution in [1.82, 2.24) is 5.32 Å². The van der Waals surface area contributed by atoms with Crippen LogP contribution in [0, 0.1) is 18.8 Å². The molecule has 1 aromatic carbocycles. The first-order chi connectivity index (χ1) is 10.1. The lowest BCUT2D eigenvalue weighted by molar-refractivity contribution is -0.122. The zero-order valence-corrected chi connectivity index (χ0v) is 12.8. The van der Waals surface area contributed by atoms with Gasteiger partial charge in [0.1, 0.15) is 6.04 Å². The summed E-state index contributed by atoms with van der Waals surface area (Å²) in [5, 5.41) is 3.15. The van der Waals surface area contributed by atoms with Gasteiger partial charge < -0.3 is 11.1 Å². The fourth-order valence-corrected chi connectivity index (χ4v) is 3.66. The van der Waals surface area contributed by atoms with E-state index in [4.69, 9.17) is 5.73 Å². The second-order valence-electron chi connectivity index (χ2n) is 6.80. The Labute approximate surface area is 127 Å². The van der Waals surface area contributed by atoms with Gasteiger partial charge in [-0.3, -0.25) is 4.79 Å². The summed E-state index contributed by atoms with van der Waals surface area (Å²) in [6, 6.07) is 7.74. The van der Waals surface area contributed by atoms with Gasteiger partial charge in [0.05, 0.1) is 0 Å². The van der Waals surface area contributed by atoms with Gasteiger partial charge >= 0.3 is 0 Å². The normalized spacial score (nSPS) is 27.1. The van der Waals surface area contributed by atoms with Gasteiger partial charge in [0.15, 0.2) is 0 Å². The molecule has 0 saturated heterocycles. The Kier molecular flexibility index (Phi) is 4.29. The van der Waals surface area contributed by atoms with E-state index in [-0.39, 0.29) is 5.91 Å². The molecule has 0 spiro atoms. The Balaban J connectivity index is 1.51. The Morgan fingerprint density at radius 1 is 1.19 bits per heavy atom. The average molecular weight is 286 g/mol. The second-order valence-corrected chi connectivity index (χ2v) is 6.80. The number of aryl methyl sites for hydroxylation is 1. The molecule has 0 bridgehead atoms. The first-order valence-corrected chi connectivity index (χ1v) is 8.27. The van der Waals surface area contributed by atoms with Gasteiger partial charge in [-0.25, -0.2) is 0 Å². The molecule has 114 valence electrons. The van der Waals surface area contributed by atoms with Crippen LogP contribution in [0.15, 0.2) is 24.3 Å². The van der Waals surface area contributed by atoms with Crippen molar-refractivity contribution in [2.24, 2.45) is 17.6 Å². The summed E-state index contributed by atoms with van der Waals surface area (Å²) >= 11 is 0. The number of carbonyl (C=O) groups is 1. The highest BCUT2D eigenvalue weighted by atomic mass is 16.2. The van der Waals surface area contributed by atoms with Crippen molar-refractivity contribution in [2.45, 2.75) is 57.5 Å². The largest absolute Gasteiger partial charge is 0.351 e. The lowest BCUT2D eigenvalue weighted by Gasteiger charge is -2.22. The topological polar surface area (TPSA) is 55.1 Å². The smallest absolute Gasteiger partial charge is 0.241 e. The summed E-state index contributed by atoms with van der Waals surface area (Å²) in [6.07, 6.45) is 7.97. The molecule has 3 atom stereocenters. The Hall–Kier alpha value is -1.35. The molecule has 0 radical (unpaired) electrons. The van der Waals surface area contributed by atoms with Crippen molar-refractivity contribution in [3.8, 4) is 0 Å². The van der Waals surface area contributed by atoms with Gasteiger partial charge in [-0.2, -0.15) is 0 Å². The van der Waals surface area contributed by atoms with E-state index < -0.39 is 6.04 Å². The molecule has 0 aliphatic heterocycles. The highest BCUT2D eigenvalue weighted by Gasteiger charge is 2.44. The minimum absolute atomic E-state index is 0.0258. The molecule has 0 aromatic heterocycles. The van der Waals surface area contributed by atoms with Crippen LogP contribution in [-0.4, -0.2) is 11.9 Å². The molecule has 2 aliphatic rings. The third kappa shape index (κ3) is 3.46. The second kappa shape index (κ2) is 6.18. The number of hydrogen-bond donors (Lipinski definition) is 2. The molecule has 2 fully saturated rings. The fraction of sp³-hybridized carbons (Fsp3) is 0.611. The van der Waals surface area contributed by atoms with E-state index in [1.807, 2.05) is 31.2 Å². The zero-order chi connectivity index (χ0) is 14.8. The molecule has 0 heterocycles. The number of nitrogens with one attached hydrogen (secondary N) is 1. The van der Waals surface area contributed by atoms with Crippen LogP contribution in [0.2, 0.25) is 0 Å². The van der Waals surface area contributed by atoms with E-state index in [0.717, 1.165) is 17.9 Å². The molecule has 2 saturated carbocycles. The molecule has 21 heavy (non-hydrogen) atoms. The number of rotatable bonds is 4. The number of benzene rings is 1. The Morgan fingerprint density at radius 3 is 2.52 bits per heavy atom. The first kappa shape index (κ1) is 14.6. The molecule has 3 unspecified atom stereocenters. The van der Waals surface area contributed by atoms with Crippen LogP contribution in [-0.2, 0) is 4.79 Å². The maximum Gasteiger partial charge on any atom is 0.241 e. The minimum Gasteiger partial charge on any atom is -0.351 e. The third-order valence-corrected chi connectivity index (χ3v) is 5.14. The van der Waals surface area contributed by atoms with Gasteiger partial charge in [-0.05, 0) is 30.7 Å². The Morgan fingerprint density at radius 2 is 1.86 bits per heavy atom. The van der Waals surface area contributed by atoms with Crippen LogP contribution in [0.3, 0.4) is 0 Å². The van der Waals surface area contributed by atoms with Crippen molar-refractivity contribution >= 4 is 5.91 Å². The maximum atomic E-state index is 12.3. The summed E-state index contributed by atoms with van der Waals surface area (Å²) in [4.78, 5) is 12.3. The van der Waals surface area contributed by atoms with E-state index in [1.165, 1.54) is 37.7 Å².